The number of hydrogen-bond donors (Lipinski definition) is 1. The first-order chi connectivity index (χ1) is 9.34. The monoisotopic (exact) mass is 252 g/mol. The molecule has 0 radical (unpaired) electrons. The molecule has 1 N–H and O–H groups in total. The normalized spacial score (nSPS) is 23.3. The van der Waals surface area contributed by atoms with Crippen molar-refractivity contribution in [2.75, 3.05) is 18.0 Å². The van der Waals surface area contributed by atoms with Gasteiger partial charge in [-0.05, 0) is 24.6 Å². The summed E-state index contributed by atoms with van der Waals surface area (Å²) >= 11 is 0. The number of rotatable bonds is 2. The highest BCUT2D eigenvalue weighted by Crippen LogP contribution is 2.25. The molecule has 1 heterocycles. The fourth-order valence-corrected chi connectivity index (χ4v) is 2.75. The van der Waals surface area contributed by atoms with Gasteiger partial charge < -0.3 is 10.2 Å². The van der Waals surface area contributed by atoms with Crippen molar-refractivity contribution >= 4 is 5.69 Å². The van der Waals surface area contributed by atoms with E-state index in [-0.39, 0.29) is 0 Å². The molecule has 2 aromatic rings. The van der Waals surface area contributed by atoms with Gasteiger partial charge >= 0.3 is 0 Å². The lowest BCUT2D eigenvalue weighted by atomic mass is 10.0. The molecule has 2 atom stereocenters. The van der Waals surface area contributed by atoms with E-state index in [9.17, 15) is 0 Å². The minimum atomic E-state index is 0.414. The highest BCUT2D eigenvalue weighted by Gasteiger charge is 2.25. The maximum absolute atomic E-state index is 3.64. The van der Waals surface area contributed by atoms with Crippen molar-refractivity contribution in [3.05, 3.63) is 66.2 Å². The average Bonchev–Trinajstić information content (AvgIpc) is 2.49. The Kier molecular flexibility index (Phi) is 3.51. The van der Waals surface area contributed by atoms with Crippen LogP contribution in [0.1, 0.15) is 18.5 Å². The molecular formula is C17H20N2. The van der Waals surface area contributed by atoms with E-state index in [1.807, 2.05) is 0 Å². The molecule has 0 bridgehead atoms. The molecular weight excluding hydrogens is 232 g/mol. The number of para-hydroxylation sites is 1. The molecule has 0 saturated carbocycles. The third-order valence-electron chi connectivity index (χ3n) is 3.86. The topological polar surface area (TPSA) is 15.3 Å². The zero-order valence-electron chi connectivity index (χ0n) is 11.3. The van der Waals surface area contributed by atoms with Gasteiger partial charge in [0.1, 0.15) is 0 Å². The Morgan fingerprint density at radius 1 is 0.947 bits per heavy atom. The Labute approximate surface area is 115 Å². The highest BCUT2D eigenvalue weighted by molar-refractivity contribution is 5.48. The maximum atomic E-state index is 3.64. The van der Waals surface area contributed by atoms with Crippen molar-refractivity contribution < 1.29 is 0 Å². The molecule has 3 rings (SSSR count). The van der Waals surface area contributed by atoms with Crippen molar-refractivity contribution in [1.29, 1.82) is 0 Å². The van der Waals surface area contributed by atoms with Crippen molar-refractivity contribution in [2.24, 2.45) is 0 Å². The second-order valence-corrected chi connectivity index (χ2v) is 5.21. The summed E-state index contributed by atoms with van der Waals surface area (Å²) in [6.45, 7) is 4.32. The molecule has 19 heavy (non-hydrogen) atoms. The van der Waals surface area contributed by atoms with Crippen molar-refractivity contribution in [3.8, 4) is 0 Å². The first kappa shape index (κ1) is 12.2. The third kappa shape index (κ3) is 2.64. The van der Waals surface area contributed by atoms with E-state index >= 15 is 0 Å². The van der Waals surface area contributed by atoms with Gasteiger partial charge in [0.25, 0.3) is 0 Å². The number of nitrogens with one attached hydrogen (secondary N) is 1. The van der Waals surface area contributed by atoms with Crippen LogP contribution in [0.25, 0.3) is 0 Å². The summed E-state index contributed by atoms with van der Waals surface area (Å²) in [4.78, 5) is 2.49. The number of benzene rings is 2. The standard InChI is InChI=1S/C17H20N2/c1-14-12-18-17(15-8-4-2-5-9-15)13-19(14)16-10-6-3-7-11-16/h2-11,14,17-18H,12-13H2,1H3. The summed E-state index contributed by atoms with van der Waals surface area (Å²) in [6.07, 6.45) is 0. The number of nitrogens with zero attached hydrogens (tertiary/aromatic N) is 1. The van der Waals surface area contributed by atoms with E-state index in [4.69, 9.17) is 0 Å². The first-order valence-electron chi connectivity index (χ1n) is 6.94. The van der Waals surface area contributed by atoms with Crippen LogP contribution in [0.5, 0.6) is 0 Å². The Morgan fingerprint density at radius 3 is 2.26 bits per heavy atom. The first-order valence-corrected chi connectivity index (χ1v) is 6.94. The number of piperazine rings is 1. The van der Waals surface area contributed by atoms with Gasteiger partial charge in [0, 0.05) is 30.9 Å². The quantitative estimate of drug-likeness (QED) is 0.883. The average molecular weight is 252 g/mol. The summed E-state index contributed by atoms with van der Waals surface area (Å²) in [6, 6.07) is 22.4. The summed E-state index contributed by atoms with van der Waals surface area (Å²) in [5, 5.41) is 3.64. The molecule has 98 valence electrons. The molecule has 0 aromatic heterocycles. The van der Waals surface area contributed by atoms with E-state index in [2.05, 4.69) is 77.8 Å². The molecule has 1 saturated heterocycles. The van der Waals surface area contributed by atoms with Crippen LogP contribution in [0.3, 0.4) is 0 Å². The fourth-order valence-electron chi connectivity index (χ4n) is 2.75. The van der Waals surface area contributed by atoms with E-state index < -0.39 is 0 Å². The van der Waals surface area contributed by atoms with Gasteiger partial charge in [0.05, 0.1) is 0 Å². The fraction of sp³-hybridized carbons (Fsp3) is 0.294. The third-order valence-corrected chi connectivity index (χ3v) is 3.86. The minimum Gasteiger partial charge on any atom is -0.366 e. The molecule has 0 amide bonds. The van der Waals surface area contributed by atoms with Crippen LogP contribution in [0.15, 0.2) is 60.7 Å². The molecule has 1 aliphatic rings. The van der Waals surface area contributed by atoms with Gasteiger partial charge in [-0.2, -0.15) is 0 Å². The lowest BCUT2D eigenvalue weighted by Crippen LogP contribution is -2.51. The lowest BCUT2D eigenvalue weighted by molar-refractivity contribution is 0.414. The predicted molar refractivity (Wildman–Crippen MR) is 80.4 cm³/mol. The predicted octanol–water partition coefficient (Wildman–Crippen LogP) is 3.23. The Balaban J connectivity index is 1.82. The molecule has 2 nitrogen and oxygen atoms in total. The van der Waals surface area contributed by atoms with E-state index in [0.29, 0.717) is 12.1 Å². The van der Waals surface area contributed by atoms with Crippen LogP contribution in [-0.2, 0) is 0 Å². The second-order valence-electron chi connectivity index (χ2n) is 5.21. The summed E-state index contributed by atoms with van der Waals surface area (Å²) < 4.78 is 0. The van der Waals surface area contributed by atoms with Crippen molar-refractivity contribution in [2.45, 2.75) is 19.0 Å². The lowest BCUT2D eigenvalue weighted by Gasteiger charge is -2.40. The van der Waals surface area contributed by atoms with E-state index in [1.54, 1.807) is 0 Å². The Bertz CT molecular complexity index is 509. The Hall–Kier alpha value is -1.80. The van der Waals surface area contributed by atoms with Gasteiger partial charge in [0.15, 0.2) is 0 Å². The van der Waals surface area contributed by atoms with Gasteiger partial charge in [-0.25, -0.2) is 0 Å². The number of anilines is 1. The van der Waals surface area contributed by atoms with Gasteiger partial charge in [0.2, 0.25) is 0 Å². The number of hydrogen-bond acceptors (Lipinski definition) is 2. The summed E-state index contributed by atoms with van der Waals surface area (Å²) in [5.74, 6) is 0. The molecule has 0 spiro atoms. The summed E-state index contributed by atoms with van der Waals surface area (Å²) in [5.41, 5.74) is 2.69. The molecule has 2 unspecified atom stereocenters. The minimum absolute atomic E-state index is 0.414. The molecule has 1 fully saturated rings. The van der Waals surface area contributed by atoms with E-state index in [0.717, 1.165) is 13.1 Å². The highest BCUT2D eigenvalue weighted by atomic mass is 15.2. The Morgan fingerprint density at radius 2 is 1.58 bits per heavy atom. The second kappa shape index (κ2) is 5.45. The smallest absolute Gasteiger partial charge is 0.0499 e. The van der Waals surface area contributed by atoms with Crippen LogP contribution in [0.2, 0.25) is 0 Å². The van der Waals surface area contributed by atoms with Crippen molar-refractivity contribution in [1.82, 2.24) is 5.32 Å². The summed E-state index contributed by atoms with van der Waals surface area (Å²) in [7, 11) is 0. The zero-order chi connectivity index (χ0) is 13.1. The van der Waals surface area contributed by atoms with Crippen molar-refractivity contribution in [3.63, 3.8) is 0 Å². The SMILES string of the molecule is CC1CNC(c2ccccc2)CN1c1ccccc1. The van der Waals surface area contributed by atoms with Crippen LogP contribution >= 0.6 is 0 Å². The molecule has 0 aliphatic carbocycles. The van der Waals surface area contributed by atoms with Crippen LogP contribution in [-0.4, -0.2) is 19.1 Å². The molecule has 1 aliphatic heterocycles. The van der Waals surface area contributed by atoms with Gasteiger partial charge in [-0.1, -0.05) is 48.5 Å². The molecule has 2 aromatic carbocycles. The molecule has 2 heteroatoms. The van der Waals surface area contributed by atoms with Crippen LogP contribution < -0.4 is 10.2 Å². The van der Waals surface area contributed by atoms with Gasteiger partial charge in [-0.15, -0.1) is 0 Å². The van der Waals surface area contributed by atoms with Gasteiger partial charge in [-0.3, -0.25) is 0 Å². The largest absolute Gasteiger partial charge is 0.366 e. The zero-order valence-corrected chi connectivity index (χ0v) is 11.3. The van der Waals surface area contributed by atoms with E-state index in [1.165, 1.54) is 11.3 Å². The van der Waals surface area contributed by atoms with Crippen LogP contribution in [0, 0.1) is 0 Å². The maximum Gasteiger partial charge on any atom is 0.0499 e. The van der Waals surface area contributed by atoms with Crippen LogP contribution in [0.4, 0.5) is 5.69 Å².